The molecule has 0 fully saturated rings. The zero-order valence-electron chi connectivity index (χ0n) is 8.55. The van der Waals surface area contributed by atoms with Crippen molar-refractivity contribution in [1.29, 1.82) is 0 Å². The highest BCUT2D eigenvalue weighted by molar-refractivity contribution is 7.92. The summed E-state index contributed by atoms with van der Waals surface area (Å²) in [6.45, 7) is -0.811. The van der Waals surface area contributed by atoms with Gasteiger partial charge in [-0.25, -0.2) is 12.8 Å². The average Bonchev–Trinajstić information content (AvgIpc) is 2.16. The molecule has 1 aromatic carbocycles. The molecule has 1 aromatic rings. The van der Waals surface area contributed by atoms with Gasteiger partial charge in [-0.15, -0.1) is 0 Å². The van der Waals surface area contributed by atoms with Crippen LogP contribution in [0.5, 0.6) is 0 Å². The van der Waals surface area contributed by atoms with Gasteiger partial charge in [-0.2, -0.15) is 0 Å². The quantitative estimate of drug-likeness (QED) is 0.781. The maximum absolute atomic E-state index is 12.8. The molecule has 0 saturated carbocycles. The Morgan fingerprint density at radius 3 is 2.56 bits per heavy atom. The molecule has 0 spiro atoms. The molecule has 16 heavy (non-hydrogen) atoms. The van der Waals surface area contributed by atoms with Crippen molar-refractivity contribution in [3.8, 4) is 0 Å². The maximum Gasteiger partial charge on any atom is 0.183 e. The summed E-state index contributed by atoms with van der Waals surface area (Å²) in [5.74, 6) is -1.43. The first-order valence-electron chi connectivity index (χ1n) is 4.45. The predicted molar refractivity (Wildman–Crippen MR) is 56.4 cm³/mol. The molecule has 1 rings (SSSR count). The highest BCUT2D eigenvalue weighted by Crippen LogP contribution is 2.11. The zero-order valence-corrected chi connectivity index (χ0v) is 9.37. The largest absolute Gasteiger partial charge is 0.395 e. The third-order valence-corrected chi connectivity index (χ3v) is 3.48. The summed E-state index contributed by atoms with van der Waals surface area (Å²) >= 11 is 0. The fourth-order valence-corrected chi connectivity index (χ4v) is 2.04. The molecule has 0 saturated heterocycles. The lowest BCUT2D eigenvalue weighted by atomic mass is 10.1. The number of aliphatic hydroxyl groups excluding tert-OH is 1. The molecule has 0 aliphatic heterocycles. The van der Waals surface area contributed by atoms with Gasteiger partial charge in [0, 0.05) is 11.8 Å². The Hall–Kier alpha value is -1.27. The van der Waals surface area contributed by atoms with Gasteiger partial charge in [-0.05, 0) is 12.1 Å². The van der Waals surface area contributed by atoms with Crippen molar-refractivity contribution >= 4 is 15.6 Å². The summed E-state index contributed by atoms with van der Waals surface area (Å²) in [6, 6.07) is 4.69. The smallest absolute Gasteiger partial charge is 0.183 e. The van der Waals surface area contributed by atoms with Gasteiger partial charge in [-0.3, -0.25) is 4.79 Å². The molecule has 0 aliphatic carbocycles. The minimum Gasteiger partial charge on any atom is -0.395 e. The van der Waals surface area contributed by atoms with E-state index in [1.165, 1.54) is 12.1 Å². The summed E-state index contributed by atoms with van der Waals surface area (Å²) in [6.07, 6.45) is 0.852. The van der Waals surface area contributed by atoms with Crippen LogP contribution in [0.25, 0.3) is 0 Å². The Morgan fingerprint density at radius 2 is 2.12 bits per heavy atom. The van der Waals surface area contributed by atoms with E-state index in [2.05, 4.69) is 0 Å². The van der Waals surface area contributed by atoms with Crippen molar-refractivity contribution in [1.82, 2.24) is 0 Å². The number of aliphatic hydroxyl groups is 1. The molecule has 0 heterocycles. The predicted octanol–water partition coefficient (Wildman–Crippen LogP) is 0.414. The van der Waals surface area contributed by atoms with E-state index < -0.39 is 33.3 Å². The molecule has 1 N–H and O–H groups in total. The number of carbonyl (C=O) groups is 1. The van der Waals surface area contributed by atoms with Gasteiger partial charge in [0.25, 0.3) is 0 Å². The standard InChI is InChI=1S/C10H11FO4S/c1-16(14,15)9(6-12)10(13)7-3-2-4-8(11)5-7/h2-5,9,12H,6H2,1H3/t9-/m1/s1. The number of halogens is 1. The summed E-state index contributed by atoms with van der Waals surface area (Å²) in [5, 5.41) is 7.34. The van der Waals surface area contributed by atoms with Gasteiger partial charge in [0.1, 0.15) is 11.1 Å². The Balaban J connectivity index is 3.11. The molecule has 0 amide bonds. The van der Waals surface area contributed by atoms with Crippen LogP contribution in [0.1, 0.15) is 10.4 Å². The molecular formula is C10H11FO4S. The number of carbonyl (C=O) groups excluding carboxylic acids is 1. The van der Waals surface area contributed by atoms with Crippen LogP contribution < -0.4 is 0 Å². The lowest BCUT2D eigenvalue weighted by Crippen LogP contribution is -2.33. The van der Waals surface area contributed by atoms with Crippen molar-refractivity contribution in [2.45, 2.75) is 5.25 Å². The fourth-order valence-electron chi connectivity index (χ4n) is 1.24. The van der Waals surface area contributed by atoms with Gasteiger partial charge in [0.05, 0.1) is 6.61 Å². The number of ketones is 1. The van der Waals surface area contributed by atoms with Gasteiger partial charge in [0.15, 0.2) is 15.6 Å². The van der Waals surface area contributed by atoms with Gasteiger partial charge < -0.3 is 5.11 Å². The van der Waals surface area contributed by atoms with Crippen LogP contribution in [0.15, 0.2) is 24.3 Å². The summed E-state index contributed by atoms with van der Waals surface area (Å²) in [4.78, 5) is 11.7. The maximum atomic E-state index is 12.8. The van der Waals surface area contributed by atoms with E-state index in [0.717, 1.165) is 18.4 Å². The van der Waals surface area contributed by atoms with Gasteiger partial charge >= 0.3 is 0 Å². The minimum absolute atomic E-state index is 0.0653. The molecule has 0 aromatic heterocycles. The molecule has 6 heteroatoms. The fraction of sp³-hybridized carbons (Fsp3) is 0.300. The van der Waals surface area contributed by atoms with Crippen molar-refractivity contribution in [3.63, 3.8) is 0 Å². The average molecular weight is 246 g/mol. The first-order valence-corrected chi connectivity index (χ1v) is 6.41. The van der Waals surface area contributed by atoms with Crippen molar-refractivity contribution in [2.75, 3.05) is 12.9 Å². The molecule has 4 nitrogen and oxygen atoms in total. The first kappa shape index (κ1) is 12.8. The van der Waals surface area contributed by atoms with Crippen LogP contribution in [0.2, 0.25) is 0 Å². The van der Waals surface area contributed by atoms with E-state index in [4.69, 9.17) is 5.11 Å². The number of Topliss-reactive ketones (excluding diaryl/α,β-unsaturated/α-hetero) is 1. The summed E-state index contributed by atoms with van der Waals surface area (Å²) in [7, 11) is -3.70. The molecule has 0 unspecified atom stereocenters. The van der Waals surface area contributed by atoms with Crippen molar-refractivity contribution in [3.05, 3.63) is 35.6 Å². The third kappa shape index (κ3) is 2.86. The molecule has 0 radical (unpaired) electrons. The number of hydrogen-bond donors (Lipinski definition) is 1. The van der Waals surface area contributed by atoms with E-state index in [1.807, 2.05) is 0 Å². The Labute approximate surface area is 92.6 Å². The SMILES string of the molecule is CS(=O)(=O)[C@H](CO)C(=O)c1cccc(F)c1. The summed E-state index contributed by atoms with van der Waals surface area (Å²) in [5.41, 5.74) is -0.0653. The lowest BCUT2D eigenvalue weighted by Gasteiger charge is -2.10. The van der Waals surface area contributed by atoms with Crippen molar-refractivity contribution in [2.24, 2.45) is 0 Å². The van der Waals surface area contributed by atoms with E-state index in [0.29, 0.717) is 0 Å². The Kier molecular flexibility index (Phi) is 3.77. The highest BCUT2D eigenvalue weighted by Gasteiger charge is 2.29. The normalized spacial score (nSPS) is 13.4. The van der Waals surface area contributed by atoms with Crippen LogP contribution in [0, 0.1) is 5.82 Å². The van der Waals surface area contributed by atoms with E-state index >= 15 is 0 Å². The van der Waals surface area contributed by atoms with Crippen LogP contribution in [-0.2, 0) is 9.84 Å². The van der Waals surface area contributed by atoms with Gasteiger partial charge in [0.2, 0.25) is 0 Å². The number of benzene rings is 1. The summed E-state index contributed by atoms with van der Waals surface area (Å²) < 4.78 is 35.2. The Bertz CT molecular complexity index is 495. The second kappa shape index (κ2) is 4.71. The highest BCUT2D eigenvalue weighted by atomic mass is 32.2. The number of hydrogen-bond acceptors (Lipinski definition) is 4. The molecule has 88 valence electrons. The molecular weight excluding hydrogens is 235 g/mol. The van der Waals surface area contributed by atoms with E-state index in [1.54, 1.807) is 0 Å². The van der Waals surface area contributed by atoms with E-state index in [9.17, 15) is 17.6 Å². The number of sulfone groups is 1. The number of rotatable bonds is 4. The lowest BCUT2D eigenvalue weighted by molar-refractivity contribution is 0.0961. The monoisotopic (exact) mass is 246 g/mol. The minimum atomic E-state index is -3.70. The second-order valence-electron chi connectivity index (χ2n) is 3.38. The third-order valence-electron chi connectivity index (χ3n) is 2.08. The zero-order chi connectivity index (χ0) is 12.3. The van der Waals surface area contributed by atoms with Crippen LogP contribution >= 0.6 is 0 Å². The second-order valence-corrected chi connectivity index (χ2v) is 5.60. The Morgan fingerprint density at radius 1 is 1.50 bits per heavy atom. The first-order chi connectivity index (χ1) is 7.36. The molecule has 0 bridgehead atoms. The van der Waals surface area contributed by atoms with Crippen LogP contribution in [0.4, 0.5) is 4.39 Å². The van der Waals surface area contributed by atoms with E-state index in [-0.39, 0.29) is 5.56 Å². The molecule has 1 atom stereocenters. The molecule has 0 aliphatic rings. The van der Waals surface area contributed by atoms with Crippen molar-refractivity contribution < 1.29 is 22.7 Å². The topological polar surface area (TPSA) is 71.4 Å². The van der Waals surface area contributed by atoms with Crippen LogP contribution in [0.3, 0.4) is 0 Å². The van der Waals surface area contributed by atoms with Crippen LogP contribution in [-0.4, -0.2) is 37.4 Å². The van der Waals surface area contributed by atoms with Gasteiger partial charge in [-0.1, -0.05) is 12.1 Å².